The lowest BCUT2D eigenvalue weighted by Gasteiger charge is -2.58. The summed E-state index contributed by atoms with van der Waals surface area (Å²) in [5.41, 5.74) is 4.26. The van der Waals surface area contributed by atoms with Gasteiger partial charge in [-0.3, -0.25) is 4.79 Å². The van der Waals surface area contributed by atoms with E-state index in [0.29, 0.717) is 39.2 Å². The third-order valence-electron chi connectivity index (χ3n) is 12.0. The zero-order chi connectivity index (χ0) is 25.1. The van der Waals surface area contributed by atoms with Gasteiger partial charge in [-0.05, 0) is 108 Å². The van der Waals surface area contributed by atoms with Crippen LogP contribution in [0.15, 0.2) is 11.6 Å². The largest absolute Gasteiger partial charge is 0.416 e. The summed E-state index contributed by atoms with van der Waals surface area (Å²) in [4.78, 5) is 12.1. The van der Waals surface area contributed by atoms with Gasteiger partial charge in [-0.1, -0.05) is 67.9 Å². The van der Waals surface area contributed by atoms with E-state index >= 15 is 0 Å². The molecule has 0 radical (unpaired) electrons. The van der Waals surface area contributed by atoms with Gasteiger partial charge in [-0.25, -0.2) is 0 Å². The Kier molecular flexibility index (Phi) is 7.42. The molecule has 3 saturated carbocycles. The van der Waals surface area contributed by atoms with Crippen molar-refractivity contribution in [2.75, 3.05) is 6.61 Å². The van der Waals surface area contributed by atoms with E-state index in [-0.39, 0.29) is 0 Å². The fourth-order valence-electron chi connectivity index (χ4n) is 10.4. The number of hydrogen-bond donors (Lipinski definition) is 0. The van der Waals surface area contributed by atoms with Crippen LogP contribution in [0.2, 0.25) is 16.6 Å². The van der Waals surface area contributed by atoms with Gasteiger partial charge >= 0.3 is 0 Å². The molecule has 0 N–H and O–H groups in total. The lowest BCUT2D eigenvalue weighted by atomic mass is 9.46. The Morgan fingerprint density at radius 2 is 1.53 bits per heavy atom. The number of hydrogen-bond acceptors (Lipinski definition) is 2. The molecule has 4 aliphatic carbocycles. The molecule has 2 nitrogen and oxygen atoms in total. The minimum absolute atomic E-state index is 0.294. The predicted octanol–water partition coefficient (Wildman–Crippen LogP) is 8.96. The molecule has 7 unspecified atom stereocenters. The van der Waals surface area contributed by atoms with Crippen molar-refractivity contribution in [3.8, 4) is 0 Å². The maximum atomic E-state index is 12.1. The summed E-state index contributed by atoms with van der Waals surface area (Å²) in [5.74, 6) is 4.36. The highest BCUT2D eigenvalue weighted by molar-refractivity contribution is 6.77. The molecule has 194 valence electrons. The third kappa shape index (κ3) is 4.03. The van der Waals surface area contributed by atoms with Gasteiger partial charge in [0.25, 0.3) is 0 Å². The van der Waals surface area contributed by atoms with Crippen LogP contribution in [0.5, 0.6) is 0 Å². The number of fused-ring (bicyclic) bond motifs is 5. The summed E-state index contributed by atoms with van der Waals surface area (Å²) in [7, 11) is -1.81. The first-order valence-electron chi connectivity index (χ1n) is 14.8. The maximum absolute atomic E-state index is 12.1. The Morgan fingerprint density at radius 3 is 2.15 bits per heavy atom. The minimum Gasteiger partial charge on any atom is -0.416 e. The van der Waals surface area contributed by atoms with Crippen molar-refractivity contribution in [3.05, 3.63) is 11.6 Å². The fourth-order valence-corrected chi connectivity index (χ4v) is 16.0. The molecule has 0 aromatic rings. The predicted molar refractivity (Wildman–Crippen MR) is 146 cm³/mol. The van der Waals surface area contributed by atoms with Crippen LogP contribution in [0, 0.1) is 40.4 Å². The van der Waals surface area contributed by atoms with Crippen molar-refractivity contribution in [2.24, 2.45) is 40.4 Å². The smallest absolute Gasteiger partial charge is 0.200 e. The molecule has 7 atom stereocenters. The summed E-state index contributed by atoms with van der Waals surface area (Å²) in [6.45, 7) is 23.1. The SMILES string of the molecule is CC(CO[Si](C(C)C)(C(C)C)C(C)C)C1CCC2C3CCC4=CC(=O)CCC4(C)C3CCC12C. The summed E-state index contributed by atoms with van der Waals surface area (Å²) >= 11 is 0. The molecule has 0 aromatic carbocycles. The van der Waals surface area contributed by atoms with Crippen LogP contribution < -0.4 is 0 Å². The molecule has 3 heteroatoms. The van der Waals surface area contributed by atoms with Gasteiger partial charge < -0.3 is 4.43 Å². The van der Waals surface area contributed by atoms with Crippen molar-refractivity contribution in [2.45, 2.75) is 130 Å². The number of rotatable bonds is 7. The van der Waals surface area contributed by atoms with E-state index in [9.17, 15) is 4.79 Å². The molecule has 0 saturated heterocycles. The molecule has 0 amide bonds. The number of allylic oxidation sites excluding steroid dienone is 1. The second-order valence-corrected chi connectivity index (χ2v) is 19.8. The zero-order valence-corrected chi connectivity index (χ0v) is 24.9. The van der Waals surface area contributed by atoms with E-state index in [2.05, 4.69) is 68.4 Å². The van der Waals surface area contributed by atoms with Gasteiger partial charge in [0.05, 0.1) is 0 Å². The highest BCUT2D eigenvalue weighted by atomic mass is 28.4. The number of carbonyl (C=O) groups excluding carboxylic acids is 1. The molecule has 4 rings (SSSR count). The van der Waals surface area contributed by atoms with Crippen LogP contribution in [0.25, 0.3) is 0 Å². The molecule has 4 aliphatic rings. The molecule has 0 aromatic heterocycles. The summed E-state index contributed by atoms with van der Waals surface area (Å²) in [6.07, 6.45) is 12.0. The summed E-state index contributed by atoms with van der Waals surface area (Å²) in [5, 5.41) is 0. The van der Waals surface area contributed by atoms with Crippen LogP contribution in [0.3, 0.4) is 0 Å². The Hall–Kier alpha value is -0.413. The molecule has 0 bridgehead atoms. The molecular formula is C31H54O2Si. The van der Waals surface area contributed by atoms with E-state index < -0.39 is 8.32 Å². The molecular weight excluding hydrogens is 432 g/mol. The molecule has 3 fully saturated rings. The first-order valence-corrected chi connectivity index (χ1v) is 16.9. The lowest BCUT2D eigenvalue weighted by Crippen LogP contribution is -2.52. The van der Waals surface area contributed by atoms with E-state index in [1.807, 2.05) is 0 Å². The molecule has 0 heterocycles. The number of carbonyl (C=O) groups is 1. The number of ketones is 1. The minimum atomic E-state index is -1.81. The van der Waals surface area contributed by atoms with Crippen molar-refractivity contribution in [3.63, 3.8) is 0 Å². The summed E-state index contributed by atoms with van der Waals surface area (Å²) in [6, 6.07) is 0. The topological polar surface area (TPSA) is 26.3 Å². The van der Waals surface area contributed by atoms with Gasteiger partial charge in [0, 0.05) is 13.0 Å². The quantitative estimate of drug-likeness (QED) is 0.336. The van der Waals surface area contributed by atoms with Gasteiger partial charge in [0.2, 0.25) is 0 Å². The van der Waals surface area contributed by atoms with E-state index in [1.165, 1.54) is 44.1 Å². The van der Waals surface area contributed by atoms with Crippen molar-refractivity contribution >= 4 is 14.1 Å². The van der Waals surface area contributed by atoms with E-state index in [4.69, 9.17) is 4.43 Å². The Balaban J connectivity index is 1.50. The average molecular weight is 487 g/mol. The Labute approximate surface area is 212 Å². The van der Waals surface area contributed by atoms with Gasteiger partial charge in [0.15, 0.2) is 14.1 Å². The third-order valence-corrected chi connectivity index (χ3v) is 18.1. The highest BCUT2D eigenvalue weighted by Crippen LogP contribution is 2.67. The average Bonchev–Trinajstić information content (AvgIpc) is 3.11. The normalized spacial score (nSPS) is 39.2. The Bertz CT molecular complexity index is 775. The lowest BCUT2D eigenvalue weighted by molar-refractivity contribution is -0.117. The standard InChI is InChI=1S/C31H54O2Si/c1-20(2)34(21(3)4,22(5)6)33-19-23(7)27-12-13-28-26-11-10-24-18-25(32)14-16-30(24,8)29(26)15-17-31(27,28)9/h18,20-23,26-29H,10-17,19H2,1-9H3. The van der Waals surface area contributed by atoms with Gasteiger partial charge in [0.1, 0.15) is 0 Å². The fraction of sp³-hybridized carbons (Fsp3) is 0.903. The second kappa shape index (κ2) is 9.47. The maximum Gasteiger partial charge on any atom is 0.200 e. The second-order valence-electron chi connectivity index (χ2n) is 14.3. The van der Waals surface area contributed by atoms with E-state index in [1.54, 1.807) is 0 Å². The Morgan fingerprint density at radius 1 is 0.882 bits per heavy atom. The molecule has 0 spiro atoms. The van der Waals surface area contributed by atoms with Gasteiger partial charge in [-0.15, -0.1) is 0 Å². The van der Waals surface area contributed by atoms with Crippen LogP contribution in [-0.2, 0) is 9.22 Å². The van der Waals surface area contributed by atoms with Crippen molar-refractivity contribution in [1.29, 1.82) is 0 Å². The van der Waals surface area contributed by atoms with Crippen LogP contribution in [-0.4, -0.2) is 20.7 Å². The van der Waals surface area contributed by atoms with Crippen molar-refractivity contribution < 1.29 is 9.22 Å². The molecule has 34 heavy (non-hydrogen) atoms. The summed E-state index contributed by atoms with van der Waals surface area (Å²) < 4.78 is 7.12. The van der Waals surface area contributed by atoms with Crippen LogP contribution in [0.1, 0.15) is 114 Å². The van der Waals surface area contributed by atoms with Crippen LogP contribution in [0.4, 0.5) is 0 Å². The van der Waals surface area contributed by atoms with Crippen LogP contribution >= 0.6 is 0 Å². The first kappa shape index (κ1) is 26.6. The van der Waals surface area contributed by atoms with E-state index in [0.717, 1.165) is 43.1 Å². The zero-order valence-electron chi connectivity index (χ0n) is 23.9. The first-order chi connectivity index (χ1) is 15.9. The highest BCUT2D eigenvalue weighted by Gasteiger charge is 2.59. The molecule has 0 aliphatic heterocycles. The monoisotopic (exact) mass is 486 g/mol. The van der Waals surface area contributed by atoms with Crippen molar-refractivity contribution in [1.82, 2.24) is 0 Å². The van der Waals surface area contributed by atoms with Gasteiger partial charge in [-0.2, -0.15) is 0 Å².